The molecule has 4 nitrogen and oxygen atoms in total. The van der Waals surface area contributed by atoms with E-state index < -0.39 is 0 Å². The van der Waals surface area contributed by atoms with Crippen molar-refractivity contribution >= 4 is 5.82 Å². The molecule has 18 heavy (non-hydrogen) atoms. The van der Waals surface area contributed by atoms with Crippen molar-refractivity contribution in [3.8, 4) is 0 Å². The van der Waals surface area contributed by atoms with Crippen LogP contribution in [0.1, 0.15) is 24.8 Å². The molecule has 2 fully saturated rings. The fraction of sp³-hybridized carbons (Fsp3) is 0.643. The molecular weight excluding hydrogens is 226 g/mol. The van der Waals surface area contributed by atoms with E-state index in [1.165, 1.54) is 24.8 Å². The number of nitrogens with zero attached hydrogens (tertiary/aromatic N) is 2. The van der Waals surface area contributed by atoms with Crippen LogP contribution in [0.15, 0.2) is 18.3 Å². The third-order valence-electron chi connectivity index (χ3n) is 3.99. The summed E-state index contributed by atoms with van der Waals surface area (Å²) in [5, 5.41) is 3.23. The van der Waals surface area contributed by atoms with Gasteiger partial charge >= 0.3 is 0 Å². The zero-order chi connectivity index (χ0) is 12.4. The Kier molecular flexibility index (Phi) is 3.48. The standard InChI is InChI=1S/C14H21N3O/c1-15-10-11-4-3-7-16-14(11)17-8-9-18-13-6-2-5-12(13)17/h3-4,7,12-13,15H,2,5-6,8-10H2,1H3. The van der Waals surface area contributed by atoms with Gasteiger partial charge in [-0.2, -0.15) is 0 Å². The molecule has 1 aromatic rings. The number of hydrogen-bond donors (Lipinski definition) is 1. The Labute approximate surface area is 108 Å². The van der Waals surface area contributed by atoms with Crippen LogP contribution in [0.2, 0.25) is 0 Å². The van der Waals surface area contributed by atoms with Gasteiger partial charge in [0.1, 0.15) is 5.82 Å². The average Bonchev–Trinajstić information content (AvgIpc) is 2.88. The summed E-state index contributed by atoms with van der Waals surface area (Å²) in [5.41, 5.74) is 1.28. The maximum atomic E-state index is 5.87. The molecule has 2 aliphatic rings. The summed E-state index contributed by atoms with van der Waals surface area (Å²) < 4.78 is 5.87. The minimum atomic E-state index is 0.420. The number of aromatic nitrogens is 1. The van der Waals surface area contributed by atoms with Crippen LogP contribution in [-0.2, 0) is 11.3 Å². The lowest BCUT2D eigenvalue weighted by molar-refractivity contribution is 0.0252. The SMILES string of the molecule is CNCc1cccnc1N1CCOC2CCCC21. The van der Waals surface area contributed by atoms with E-state index in [9.17, 15) is 0 Å². The molecule has 2 atom stereocenters. The summed E-state index contributed by atoms with van der Waals surface area (Å²) in [4.78, 5) is 7.08. The third-order valence-corrected chi connectivity index (χ3v) is 3.99. The average molecular weight is 247 g/mol. The first kappa shape index (κ1) is 11.9. The first-order valence-corrected chi connectivity index (χ1v) is 6.87. The third kappa shape index (κ3) is 2.10. The fourth-order valence-corrected chi connectivity index (χ4v) is 3.21. The van der Waals surface area contributed by atoms with Crippen molar-refractivity contribution in [1.82, 2.24) is 10.3 Å². The van der Waals surface area contributed by atoms with Gasteiger partial charge in [-0.1, -0.05) is 6.07 Å². The van der Waals surface area contributed by atoms with Gasteiger partial charge in [-0.15, -0.1) is 0 Å². The van der Waals surface area contributed by atoms with E-state index in [4.69, 9.17) is 4.74 Å². The maximum absolute atomic E-state index is 5.87. The molecule has 2 heterocycles. The summed E-state index contributed by atoms with van der Waals surface area (Å²) in [6, 6.07) is 4.71. The van der Waals surface area contributed by atoms with Gasteiger partial charge in [0.05, 0.1) is 18.8 Å². The van der Waals surface area contributed by atoms with Crippen molar-refractivity contribution in [2.75, 3.05) is 25.1 Å². The predicted octanol–water partition coefficient (Wildman–Crippen LogP) is 1.56. The second-order valence-corrected chi connectivity index (χ2v) is 5.12. The van der Waals surface area contributed by atoms with Gasteiger partial charge in [0.15, 0.2) is 0 Å². The number of anilines is 1. The highest BCUT2D eigenvalue weighted by Crippen LogP contribution is 2.33. The lowest BCUT2D eigenvalue weighted by atomic mass is 10.1. The predicted molar refractivity (Wildman–Crippen MR) is 71.7 cm³/mol. The number of fused-ring (bicyclic) bond motifs is 1. The molecule has 0 amide bonds. The smallest absolute Gasteiger partial charge is 0.133 e. The number of morpholine rings is 1. The van der Waals surface area contributed by atoms with E-state index in [2.05, 4.69) is 21.3 Å². The molecule has 0 bridgehead atoms. The summed E-state index contributed by atoms with van der Waals surface area (Å²) in [6.45, 7) is 2.67. The molecule has 0 radical (unpaired) electrons. The molecule has 4 heteroatoms. The molecule has 3 rings (SSSR count). The van der Waals surface area contributed by atoms with Crippen LogP contribution in [-0.4, -0.2) is 37.3 Å². The maximum Gasteiger partial charge on any atom is 0.133 e. The minimum absolute atomic E-state index is 0.420. The van der Waals surface area contributed by atoms with Gasteiger partial charge in [0, 0.05) is 24.8 Å². The van der Waals surface area contributed by atoms with E-state index in [1.807, 2.05) is 19.3 Å². The Balaban J connectivity index is 1.88. The van der Waals surface area contributed by atoms with Crippen molar-refractivity contribution in [2.45, 2.75) is 38.0 Å². The van der Waals surface area contributed by atoms with Gasteiger partial charge in [-0.25, -0.2) is 4.98 Å². The number of hydrogen-bond acceptors (Lipinski definition) is 4. The molecule has 2 unspecified atom stereocenters. The zero-order valence-electron chi connectivity index (χ0n) is 10.9. The molecule has 0 aromatic carbocycles. The van der Waals surface area contributed by atoms with Crippen LogP contribution < -0.4 is 10.2 Å². The highest BCUT2D eigenvalue weighted by Gasteiger charge is 2.37. The van der Waals surface area contributed by atoms with Gasteiger partial charge in [-0.05, 0) is 32.4 Å². The molecule has 98 valence electrons. The highest BCUT2D eigenvalue weighted by molar-refractivity contribution is 5.48. The van der Waals surface area contributed by atoms with Crippen molar-refractivity contribution < 1.29 is 4.74 Å². The topological polar surface area (TPSA) is 37.4 Å². The van der Waals surface area contributed by atoms with Crippen LogP contribution in [0.4, 0.5) is 5.82 Å². The van der Waals surface area contributed by atoms with Crippen LogP contribution in [0.3, 0.4) is 0 Å². The summed E-state index contributed by atoms with van der Waals surface area (Å²) in [5.74, 6) is 1.15. The largest absolute Gasteiger partial charge is 0.374 e. The second-order valence-electron chi connectivity index (χ2n) is 5.12. The highest BCUT2D eigenvalue weighted by atomic mass is 16.5. The summed E-state index contributed by atoms with van der Waals surface area (Å²) >= 11 is 0. The lowest BCUT2D eigenvalue weighted by Gasteiger charge is -2.39. The molecule has 0 spiro atoms. The minimum Gasteiger partial charge on any atom is -0.374 e. The van der Waals surface area contributed by atoms with E-state index >= 15 is 0 Å². The number of nitrogens with one attached hydrogen (secondary N) is 1. The number of ether oxygens (including phenoxy) is 1. The normalized spacial score (nSPS) is 27.3. The first-order chi connectivity index (χ1) is 8.90. The number of rotatable bonds is 3. The Morgan fingerprint density at radius 3 is 3.33 bits per heavy atom. The van der Waals surface area contributed by atoms with Crippen molar-refractivity contribution in [3.05, 3.63) is 23.9 Å². The second kappa shape index (κ2) is 5.24. The van der Waals surface area contributed by atoms with Gasteiger partial charge in [0.2, 0.25) is 0 Å². The lowest BCUT2D eigenvalue weighted by Crippen LogP contribution is -2.49. The van der Waals surface area contributed by atoms with Crippen molar-refractivity contribution in [2.24, 2.45) is 0 Å². The van der Waals surface area contributed by atoms with Crippen LogP contribution in [0.5, 0.6) is 0 Å². The molecule has 1 saturated carbocycles. The Bertz CT molecular complexity index is 410. The van der Waals surface area contributed by atoms with Gasteiger partial charge in [-0.3, -0.25) is 0 Å². The van der Waals surface area contributed by atoms with E-state index in [0.717, 1.165) is 25.5 Å². The zero-order valence-corrected chi connectivity index (χ0v) is 10.9. The van der Waals surface area contributed by atoms with E-state index in [1.54, 1.807) is 0 Å². The molecule has 1 N–H and O–H groups in total. The fourth-order valence-electron chi connectivity index (χ4n) is 3.21. The molecule has 1 aromatic heterocycles. The molecule has 1 aliphatic heterocycles. The van der Waals surface area contributed by atoms with E-state index in [0.29, 0.717) is 12.1 Å². The Morgan fingerprint density at radius 1 is 1.50 bits per heavy atom. The van der Waals surface area contributed by atoms with Gasteiger partial charge in [0.25, 0.3) is 0 Å². The molecule has 1 saturated heterocycles. The summed E-state index contributed by atoms with van der Waals surface area (Å²) in [6.07, 6.45) is 6.03. The first-order valence-electron chi connectivity index (χ1n) is 6.87. The van der Waals surface area contributed by atoms with Crippen molar-refractivity contribution in [3.63, 3.8) is 0 Å². The Morgan fingerprint density at radius 2 is 2.44 bits per heavy atom. The summed E-state index contributed by atoms with van der Waals surface area (Å²) in [7, 11) is 1.98. The molecule has 1 aliphatic carbocycles. The van der Waals surface area contributed by atoms with Gasteiger partial charge < -0.3 is 15.0 Å². The number of pyridine rings is 1. The quantitative estimate of drug-likeness (QED) is 0.879. The van der Waals surface area contributed by atoms with E-state index in [-0.39, 0.29) is 0 Å². The monoisotopic (exact) mass is 247 g/mol. The van der Waals surface area contributed by atoms with Crippen LogP contribution in [0, 0.1) is 0 Å². The van der Waals surface area contributed by atoms with Crippen LogP contribution in [0.25, 0.3) is 0 Å². The Hall–Kier alpha value is -1.13. The van der Waals surface area contributed by atoms with Crippen molar-refractivity contribution in [1.29, 1.82) is 0 Å². The van der Waals surface area contributed by atoms with Crippen LogP contribution >= 0.6 is 0 Å². The molecular formula is C14H21N3O.